The summed E-state index contributed by atoms with van der Waals surface area (Å²) in [6.07, 6.45) is 5.89. The maximum atomic E-state index is 14.8. The predicted octanol–water partition coefficient (Wildman–Crippen LogP) is 5.04. The molecule has 0 saturated carbocycles. The van der Waals surface area contributed by atoms with E-state index in [9.17, 15) is 18.4 Å². The quantitative estimate of drug-likeness (QED) is 0.263. The van der Waals surface area contributed by atoms with Gasteiger partial charge in [0.25, 0.3) is 5.56 Å². The highest BCUT2D eigenvalue weighted by Gasteiger charge is 2.29. The molecule has 44 heavy (non-hydrogen) atoms. The maximum absolute atomic E-state index is 14.8. The van der Waals surface area contributed by atoms with Gasteiger partial charge in [-0.1, -0.05) is 42.3 Å². The van der Waals surface area contributed by atoms with Crippen molar-refractivity contribution in [3.05, 3.63) is 132 Å². The summed E-state index contributed by atoms with van der Waals surface area (Å²) in [4.78, 5) is 37.1. The molecule has 0 unspecified atom stereocenters. The Balaban J connectivity index is 1.34. The summed E-state index contributed by atoms with van der Waals surface area (Å²) >= 11 is 6.07. The van der Waals surface area contributed by atoms with E-state index in [1.807, 2.05) is 42.5 Å². The van der Waals surface area contributed by atoms with Crippen LogP contribution in [0.15, 0.2) is 76.4 Å². The number of nitrogens with zero attached hydrogens (tertiary/aromatic N) is 5. The minimum absolute atomic E-state index is 0.0108. The third-order valence-corrected chi connectivity index (χ3v) is 9.16. The van der Waals surface area contributed by atoms with Gasteiger partial charge in [0.15, 0.2) is 0 Å². The monoisotopic (exact) mass is 619 g/mol. The van der Waals surface area contributed by atoms with Crippen molar-refractivity contribution in [2.24, 2.45) is 0 Å². The van der Waals surface area contributed by atoms with Gasteiger partial charge in [-0.2, -0.15) is 0 Å². The lowest BCUT2D eigenvalue weighted by molar-refractivity contribution is 0.131. The van der Waals surface area contributed by atoms with Gasteiger partial charge in [0, 0.05) is 79.8 Å². The van der Waals surface area contributed by atoms with Crippen LogP contribution in [-0.2, 0) is 39.0 Å². The summed E-state index contributed by atoms with van der Waals surface area (Å²) in [5.74, 6) is -1.42. The molecule has 1 atom stereocenters. The molecule has 0 radical (unpaired) electrons. The van der Waals surface area contributed by atoms with Gasteiger partial charge >= 0.3 is 5.69 Å². The van der Waals surface area contributed by atoms with Crippen LogP contribution in [0.2, 0.25) is 5.02 Å². The van der Waals surface area contributed by atoms with Crippen LogP contribution in [0.1, 0.15) is 47.3 Å². The molecule has 1 saturated heterocycles. The average molecular weight is 620 g/mol. The van der Waals surface area contributed by atoms with Crippen LogP contribution in [0, 0.1) is 11.6 Å². The van der Waals surface area contributed by atoms with Crippen molar-refractivity contribution in [2.75, 3.05) is 19.6 Å². The summed E-state index contributed by atoms with van der Waals surface area (Å²) in [5, 5.41) is 0.654. The van der Waals surface area contributed by atoms with E-state index in [-0.39, 0.29) is 30.3 Å². The van der Waals surface area contributed by atoms with Crippen LogP contribution < -0.4 is 11.2 Å². The molecule has 2 aromatic carbocycles. The first-order valence-electron chi connectivity index (χ1n) is 15.3. The lowest BCUT2D eigenvalue weighted by atomic mass is 10.0. The molecule has 2 aromatic heterocycles. The average Bonchev–Trinajstić information content (AvgIpc) is 3.04. The fourth-order valence-electron chi connectivity index (χ4n) is 6.53. The Labute approximate surface area is 260 Å². The van der Waals surface area contributed by atoms with Crippen LogP contribution >= 0.6 is 11.6 Å². The molecule has 10 heteroatoms. The van der Waals surface area contributed by atoms with Crippen LogP contribution in [0.3, 0.4) is 0 Å². The number of pyridine rings is 1. The minimum atomic E-state index is -0.712. The summed E-state index contributed by atoms with van der Waals surface area (Å²) in [5.41, 5.74) is 2.12. The number of likely N-dealkylation sites (tertiary alicyclic amines) is 1. The highest BCUT2D eigenvalue weighted by atomic mass is 35.5. The molecule has 6 rings (SSSR count). The van der Waals surface area contributed by atoms with E-state index >= 15 is 0 Å². The Bertz CT molecular complexity index is 1700. The summed E-state index contributed by atoms with van der Waals surface area (Å²) in [6.45, 7) is 3.15. The number of piperidine rings is 1. The summed E-state index contributed by atoms with van der Waals surface area (Å²) < 4.78 is 32.4. The van der Waals surface area contributed by atoms with Gasteiger partial charge in [0.1, 0.15) is 11.6 Å². The molecule has 2 aliphatic rings. The zero-order valence-corrected chi connectivity index (χ0v) is 25.4. The van der Waals surface area contributed by atoms with E-state index in [0.717, 1.165) is 50.0 Å². The second kappa shape index (κ2) is 13.5. The first-order chi connectivity index (χ1) is 21.4. The van der Waals surface area contributed by atoms with Crippen molar-refractivity contribution in [1.82, 2.24) is 23.9 Å². The first-order valence-corrected chi connectivity index (χ1v) is 15.6. The topological polar surface area (TPSA) is 63.4 Å². The molecule has 4 heterocycles. The molecule has 0 N–H and O–H groups in total. The second-order valence-electron chi connectivity index (χ2n) is 11.8. The van der Waals surface area contributed by atoms with Gasteiger partial charge in [0.2, 0.25) is 0 Å². The Morgan fingerprint density at radius 2 is 1.68 bits per heavy atom. The van der Waals surface area contributed by atoms with Gasteiger partial charge < -0.3 is 0 Å². The van der Waals surface area contributed by atoms with Gasteiger partial charge in [-0.15, -0.1) is 0 Å². The summed E-state index contributed by atoms with van der Waals surface area (Å²) in [6, 6.07) is 17.2. The van der Waals surface area contributed by atoms with Crippen molar-refractivity contribution >= 4 is 11.6 Å². The Morgan fingerprint density at radius 3 is 2.43 bits per heavy atom. The number of rotatable bonds is 9. The SMILES string of the molecule is O=c1c2c(n(Cc3c(F)cccc3F)c(=O)n1C[C@@H]1CCCCN1CCc1ccccn1)CCN(Cc1ccc(Cl)cc1)C2. The van der Waals surface area contributed by atoms with Crippen molar-refractivity contribution in [3.63, 3.8) is 0 Å². The minimum Gasteiger partial charge on any atom is -0.298 e. The molecule has 4 aromatic rings. The largest absolute Gasteiger partial charge is 0.331 e. The van der Waals surface area contributed by atoms with Gasteiger partial charge in [-0.25, -0.2) is 13.6 Å². The van der Waals surface area contributed by atoms with Crippen molar-refractivity contribution < 1.29 is 8.78 Å². The van der Waals surface area contributed by atoms with Gasteiger partial charge in [-0.3, -0.25) is 28.7 Å². The molecule has 0 amide bonds. The Hall–Kier alpha value is -3.66. The third-order valence-electron chi connectivity index (χ3n) is 8.91. The fraction of sp³-hybridized carbons (Fsp3) is 0.382. The molecular weight excluding hydrogens is 584 g/mol. The van der Waals surface area contributed by atoms with Gasteiger partial charge in [0.05, 0.1) is 12.1 Å². The Kier molecular flexibility index (Phi) is 9.35. The third kappa shape index (κ3) is 6.70. The molecule has 1 fully saturated rings. The second-order valence-corrected chi connectivity index (χ2v) is 12.2. The zero-order chi connectivity index (χ0) is 30.6. The molecule has 0 spiro atoms. The molecule has 0 aliphatic carbocycles. The van der Waals surface area contributed by atoms with Crippen LogP contribution in [-0.4, -0.2) is 49.6 Å². The van der Waals surface area contributed by atoms with Crippen molar-refractivity contribution in [3.8, 4) is 0 Å². The van der Waals surface area contributed by atoms with Crippen LogP contribution in [0.25, 0.3) is 0 Å². The van der Waals surface area contributed by atoms with Gasteiger partial charge in [-0.05, 0) is 61.3 Å². The van der Waals surface area contributed by atoms with E-state index in [2.05, 4.69) is 14.8 Å². The standard InChI is InChI=1S/C34H36ClF2N5O2/c35-25-12-10-24(11-13-25)20-39-18-15-32-29(22-39)33(43)42(34(44)41(32)23-28-30(36)8-5-9-31(28)37)21-27-7-2-4-17-40(27)19-14-26-6-1-3-16-38-26/h1,3,5-6,8-13,16,27H,2,4,7,14-15,17-23H2/t27-/m0/s1. The van der Waals surface area contributed by atoms with E-state index in [1.54, 1.807) is 6.20 Å². The zero-order valence-electron chi connectivity index (χ0n) is 24.6. The lowest BCUT2D eigenvalue weighted by Gasteiger charge is -2.36. The van der Waals surface area contributed by atoms with Crippen molar-refractivity contribution in [2.45, 2.75) is 64.3 Å². The Morgan fingerprint density at radius 1 is 0.886 bits per heavy atom. The number of aromatic nitrogens is 3. The number of benzene rings is 2. The molecule has 2 aliphatic heterocycles. The van der Waals surface area contributed by atoms with E-state index in [4.69, 9.17) is 11.6 Å². The fourth-order valence-corrected chi connectivity index (χ4v) is 6.66. The number of halogens is 3. The smallest absolute Gasteiger partial charge is 0.298 e. The van der Waals surface area contributed by atoms with E-state index in [1.165, 1.54) is 27.3 Å². The van der Waals surface area contributed by atoms with E-state index < -0.39 is 17.3 Å². The number of fused-ring (bicyclic) bond motifs is 1. The predicted molar refractivity (Wildman–Crippen MR) is 167 cm³/mol. The number of hydrogen-bond acceptors (Lipinski definition) is 5. The maximum Gasteiger partial charge on any atom is 0.331 e. The molecule has 0 bridgehead atoms. The summed E-state index contributed by atoms with van der Waals surface area (Å²) in [7, 11) is 0. The highest BCUT2D eigenvalue weighted by Crippen LogP contribution is 2.22. The molecule has 230 valence electrons. The normalized spacial score (nSPS) is 17.5. The van der Waals surface area contributed by atoms with E-state index in [0.29, 0.717) is 42.3 Å². The van der Waals surface area contributed by atoms with Crippen LogP contribution in [0.5, 0.6) is 0 Å². The molecular formula is C34H36ClF2N5O2. The van der Waals surface area contributed by atoms with Crippen molar-refractivity contribution in [1.29, 1.82) is 0 Å². The first kappa shape index (κ1) is 30.4. The lowest BCUT2D eigenvalue weighted by Crippen LogP contribution is -2.52. The number of hydrogen-bond donors (Lipinski definition) is 0. The highest BCUT2D eigenvalue weighted by molar-refractivity contribution is 6.30. The molecule has 7 nitrogen and oxygen atoms in total. The van der Waals surface area contributed by atoms with Crippen LogP contribution in [0.4, 0.5) is 8.78 Å².